The van der Waals surface area contributed by atoms with Crippen molar-refractivity contribution >= 4 is 21.7 Å². The minimum atomic E-state index is -6.24. The fourth-order valence-electron chi connectivity index (χ4n) is 6.56. The first-order valence-electron chi connectivity index (χ1n) is 15.1. The van der Waals surface area contributed by atoms with Crippen LogP contribution in [-0.2, 0) is 41.1 Å². The number of alkyl halides is 6. The number of amides is 1. The van der Waals surface area contributed by atoms with Crippen LogP contribution in [0.25, 0.3) is 0 Å². The lowest BCUT2D eigenvalue weighted by Crippen LogP contribution is -2.56. The van der Waals surface area contributed by atoms with Crippen molar-refractivity contribution in [2.24, 2.45) is 11.8 Å². The number of sulfone groups is 1. The molecule has 1 heterocycles. The maximum Gasteiger partial charge on any atom is 0.430 e. The van der Waals surface area contributed by atoms with E-state index in [-0.39, 0.29) is 31.5 Å². The van der Waals surface area contributed by atoms with E-state index in [1.54, 1.807) is 0 Å². The van der Waals surface area contributed by atoms with Crippen LogP contribution in [-0.4, -0.2) is 55.7 Å². The Morgan fingerprint density at radius 2 is 1.32 bits per heavy atom. The third kappa shape index (κ3) is 6.33. The lowest BCUT2D eigenvalue weighted by Gasteiger charge is -2.48. The molecule has 1 saturated heterocycles. The monoisotopic (exact) mass is 737 g/mol. The van der Waals surface area contributed by atoms with Crippen LogP contribution in [0.1, 0.15) is 42.4 Å². The molecule has 0 atom stereocenters. The van der Waals surface area contributed by atoms with Gasteiger partial charge in [-0.05, 0) is 67.6 Å². The maximum absolute atomic E-state index is 14.5. The number of piperidine rings is 1. The van der Waals surface area contributed by atoms with Gasteiger partial charge in [0.2, 0.25) is 5.91 Å². The lowest BCUT2D eigenvalue weighted by atomic mass is 9.69. The highest BCUT2D eigenvalue weighted by molar-refractivity contribution is 7.92. The van der Waals surface area contributed by atoms with E-state index in [0.29, 0.717) is 36.4 Å². The summed E-state index contributed by atoms with van der Waals surface area (Å²) in [5.41, 5.74) is -8.15. The van der Waals surface area contributed by atoms with E-state index >= 15 is 0 Å². The van der Waals surface area contributed by atoms with E-state index in [1.165, 1.54) is 4.90 Å². The Balaban J connectivity index is 1.53. The highest BCUT2D eigenvalue weighted by Crippen LogP contribution is 2.57. The summed E-state index contributed by atoms with van der Waals surface area (Å²) in [6.07, 6.45) is -13.1. The van der Waals surface area contributed by atoms with Crippen LogP contribution < -0.4 is 0 Å². The summed E-state index contributed by atoms with van der Waals surface area (Å²) < 4.78 is 159. The summed E-state index contributed by atoms with van der Waals surface area (Å²) in [7, 11) is -4.59. The first-order chi connectivity index (χ1) is 23.2. The summed E-state index contributed by atoms with van der Waals surface area (Å²) in [6.45, 7) is -1.63. The molecule has 7 nitrogen and oxygen atoms in total. The van der Waals surface area contributed by atoms with Crippen molar-refractivity contribution in [3.05, 3.63) is 101 Å². The van der Waals surface area contributed by atoms with Gasteiger partial charge in [-0.3, -0.25) is 9.59 Å². The molecule has 17 heteroatoms. The van der Waals surface area contributed by atoms with Crippen molar-refractivity contribution in [3.63, 3.8) is 0 Å². The van der Waals surface area contributed by atoms with Crippen LogP contribution in [0.15, 0.2) is 71.6 Å². The number of benzene rings is 3. The molecule has 0 spiro atoms. The van der Waals surface area contributed by atoms with Crippen molar-refractivity contribution in [3.8, 4) is 0 Å². The molecule has 2 fully saturated rings. The van der Waals surface area contributed by atoms with Gasteiger partial charge < -0.3 is 14.7 Å². The molecule has 50 heavy (non-hydrogen) atoms. The number of carbonyl (C=O) groups is 2. The van der Waals surface area contributed by atoms with Crippen molar-refractivity contribution in [2.45, 2.75) is 59.9 Å². The van der Waals surface area contributed by atoms with E-state index < -0.39 is 109 Å². The van der Waals surface area contributed by atoms with Gasteiger partial charge in [0.05, 0.1) is 17.4 Å². The van der Waals surface area contributed by atoms with Crippen LogP contribution in [0, 0.1) is 29.3 Å². The number of carbonyl (C=O) groups excluding carboxylic acids is 1. The van der Waals surface area contributed by atoms with Gasteiger partial charge >= 0.3 is 18.3 Å². The molecule has 5 rings (SSSR count). The normalized spacial score (nSPS) is 20.7. The molecule has 1 aliphatic carbocycles. The zero-order valence-electron chi connectivity index (χ0n) is 25.7. The number of halogens is 9. The Hall–Kier alpha value is -4.12. The highest BCUT2D eigenvalue weighted by Gasteiger charge is 2.73. The second-order valence-electron chi connectivity index (χ2n) is 12.2. The second kappa shape index (κ2) is 13.2. The summed E-state index contributed by atoms with van der Waals surface area (Å²) in [5, 5.41) is 9.25. The van der Waals surface area contributed by atoms with Crippen LogP contribution >= 0.6 is 0 Å². The van der Waals surface area contributed by atoms with E-state index in [1.807, 2.05) is 0 Å². The van der Waals surface area contributed by atoms with Gasteiger partial charge in [0.15, 0.2) is 9.84 Å². The Morgan fingerprint density at radius 1 is 0.800 bits per heavy atom. The highest BCUT2D eigenvalue weighted by atomic mass is 32.2. The van der Waals surface area contributed by atoms with E-state index in [4.69, 9.17) is 0 Å². The molecular formula is C33H28F9NO6S. The fraction of sp³-hybridized carbons (Fsp3) is 0.394. The van der Waals surface area contributed by atoms with Crippen molar-refractivity contribution in [1.29, 1.82) is 0 Å². The predicted molar refractivity (Wildman–Crippen MR) is 156 cm³/mol. The molecule has 3 aromatic rings. The SMILES string of the molecule is O=C(O)C1CCN(C(=O)[C@H]2C[C@](c3ccc(C(OCc4c(F)cccc4F)(C(F)(F)F)C(F)(F)F)cc3)(S(=O)(=O)c3ccc(F)cc3)C2)CC1. The number of hydrogen-bond donors (Lipinski definition) is 1. The van der Waals surface area contributed by atoms with Gasteiger partial charge in [0.1, 0.15) is 22.2 Å². The van der Waals surface area contributed by atoms with E-state index in [0.717, 1.165) is 30.3 Å². The van der Waals surface area contributed by atoms with Crippen LogP contribution in [0.2, 0.25) is 0 Å². The molecule has 0 aromatic heterocycles. The molecule has 1 aliphatic heterocycles. The minimum absolute atomic E-state index is 0.0759. The van der Waals surface area contributed by atoms with Gasteiger partial charge in [-0.15, -0.1) is 0 Å². The first-order valence-corrected chi connectivity index (χ1v) is 16.6. The van der Waals surface area contributed by atoms with Gasteiger partial charge in [-0.25, -0.2) is 21.6 Å². The smallest absolute Gasteiger partial charge is 0.430 e. The molecular weight excluding hydrogens is 709 g/mol. The average Bonchev–Trinajstić information content (AvgIpc) is 3.01. The number of nitrogens with zero attached hydrogens (tertiary/aromatic N) is 1. The van der Waals surface area contributed by atoms with E-state index in [9.17, 15) is 62.6 Å². The minimum Gasteiger partial charge on any atom is -0.481 e. The van der Waals surface area contributed by atoms with E-state index in [2.05, 4.69) is 4.74 Å². The zero-order valence-corrected chi connectivity index (χ0v) is 26.5. The lowest BCUT2D eigenvalue weighted by molar-refractivity contribution is -0.392. The third-order valence-corrected chi connectivity index (χ3v) is 11.9. The standard InChI is InChI=1S/C33H28F9NO6S/c34-23-8-10-24(11-9-23)50(47,48)30(16-20(17-30)28(44)43-14-12-19(13-15-43)29(45)46)21-4-6-22(7-5-21)31(32(37,38)39,33(40,41)42)49-18-25-26(35)2-1-3-27(25)36/h1-11,19-20H,12-18H2,(H,45,46)/t20-,30-. The van der Waals surface area contributed by atoms with Crippen LogP contribution in [0.3, 0.4) is 0 Å². The summed E-state index contributed by atoms with van der Waals surface area (Å²) in [5.74, 6) is -6.86. The molecule has 0 bridgehead atoms. The molecule has 1 amide bonds. The van der Waals surface area contributed by atoms with Crippen LogP contribution in [0.5, 0.6) is 0 Å². The summed E-state index contributed by atoms with van der Waals surface area (Å²) in [6, 6.07) is 7.77. The third-order valence-electron chi connectivity index (χ3n) is 9.41. The fourth-order valence-corrected chi connectivity index (χ4v) is 8.79. The van der Waals surface area contributed by atoms with Crippen LogP contribution in [0.4, 0.5) is 39.5 Å². The zero-order chi connectivity index (χ0) is 36.9. The second-order valence-corrected chi connectivity index (χ2v) is 14.5. The number of ether oxygens (including phenoxy) is 1. The summed E-state index contributed by atoms with van der Waals surface area (Å²) in [4.78, 5) is 25.6. The molecule has 2 aliphatic rings. The van der Waals surface area contributed by atoms with Gasteiger partial charge in [0.25, 0.3) is 5.60 Å². The Labute approximate surface area is 279 Å². The molecule has 1 N–H and O–H groups in total. The largest absolute Gasteiger partial charge is 0.481 e. The maximum atomic E-state index is 14.5. The number of rotatable bonds is 9. The molecule has 3 aromatic carbocycles. The Bertz CT molecular complexity index is 1810. The first kappa shape index (κ1) is 37.1. The number of hydrogen-bond acceptors (Lipinski definition) is 5. The molecule has 270 valence electrons. The van der Waals surface area contributed by atoms with Gasteiger partial charge in [-0.1, -0.05) is 30.3 Å². The quantitative estimate of drug-likeness (QED) is 0.187. The summed E-state index contributed by atoms with van der Waals surface area (Å²) >= 11 is 0. The average molecular weight is 738 g/mol. The number of aliphatic carboxylic acids is 1. The van der Waals surface area contributed by atoms with Crippen molar-refractivity contribution < 1.29 is 67.4 Å². The van der Waals surface area contributed by atoms with Crippen molar-refractivity contribution in [1.82, 2.24) is 4.90 Å². The molecule has 0 unspecified atom stereocenters. The van der Waals surface area contributed by atoms with Gasteiger partial charge in [0, 0.05) is 30.1 Å². The topological polar surface area (TPSA) is 101 Å². The predicted octanol–water partition coefficient (Wildman–Crippen LogP) is 7.04. The van der Waals surface area contributed by atoms with Gasteiger partial charge in [-0.2, -0.15) is 26.3 Å². The number of carboxylic acid groups (broad SMARTS) is 1. The Morgan fingerprint density at radius 3 is 1.80 bits per heavy atom. The molecule has 0 radical (unpaired) electrons. The number of likely N-dealkylation sites (tertiary alicyclic amines) is 1. The Kier molecular flexibility index (Phi) is 9.81. The van der Waals surface area contributed by atoms with Crippen molar-refractivity contribution in [2.75, 3.05) is 13.1 Å². The number of carboxylic acids is 1. The molecule has 1 saturated carbocycles.